The fourth-order valence-electron chi connectivity index (χ4n) is 2.49. The number of aryl methyl sites for hydroxylation is 2. The summed E-state index contributed by atoms with van der Waals surface area (Å²) in [5, 5.41) is 2.70. The number of amides is 1. The maximum absolute atomic E-state index is 12.5. The Bertz CT molecular complexity index is 941. The predicted octanol–water partition coefficient (Wildman–Crippen LogP) is 0.451. The molecule has 0 fully saturated rings. The summed E-state index contributed by atoms with van der Waals surface area (Å²) < 4.78 is 2.03. The highest BCUT2D eigenvalue weighted by Gasteiger charge is 2.18. The molecule has 1 amide bonds. The molecule has 0 saturated carbocycles. The molecule has 0 aliphatic heterocycles. The largest absolute Gasteiger partial charge is 0.383 e. The van der Waals surface area contributed by atoms with Crippen LogP contribution < -0.4 is 27.2 Å². The lowest BCUT2D eigenvalue weighted by molar-refractivity contribution is -0.116. The third-order valence-electron chi connectivity index (χ3n) is 4.11. The van der Waals surface area contributed by atoms with Gasteiger partial charge in [0.2, 0.25) is 5.91 Å². The van der Waals surface area contributed by atoms with E-state index in [0.29, 0.717) is 5.69 Å². The number of hydrogen-bond donors (Lipinski definition) is 2. The van der Waals surface area contributed by atoms with Crippen molar-refractivity contribution >= 4 is 23.1 Å². The van der Waals surface area contributed by atoms with Crippen molar-refractivity contribution in [3.8, 4) is 0 Å². The minimum absolute atomic E-state index is 0.0609. The molecule has 8 heteroatoms. The van der Waals surface area contributed by atoms with Crippen molar-refractivity contribution in [2.75, 3.05) is 30.0 Å². The van der Waals surface area contributed by atoms with E-state index < -0.39 is 17.2 Å². The third-order valence-corrected chi connectivity index (χ3v) is 4.11. The number of rotatable bonds is 4. The first-order valence-corrected chi connectivity index (χ1v) is 7.77. The molecule has 25 heavy (non-hydrogen) atoms. The minimum Gasteiger partial charge on any atom is -0.383 e. The zero-order valence-electron chi connectivity index (χ0n) is 15.1. The number of nitrogens with zero attached hydrogens (tertiary/aromatic N) is 3. The number of aromatic nitrogens is 2. The lowest BCUT2D eigenvalue weighted by atomic mass is 10.1. The lowest BCUT2D eigenvalue weighted by Gasteiger charge is -2.18. The number of nitrogens with one attached hydrogen (secondary N) is 1. The van der Waals surface area contributed by atoms with Crippen LogP contribution in [-0.4, -0.2) is 29.1 Å². The van der Waals surface area contributed by atoms with Gasteiger partial charge in [0.1, 0.15) is 18.1 Å². The normalized spacial score (nSPS) is 10.6. The first kappa shape index (κ1) is 18.3. The summed E-state index contributed by atoms with van der Waals surface area (Å²) in [6, 6.07) is 5.50. The van der Waals surface area contributed by atoms with Crippen LogP contribution in [-0.2, 0) is 18.4 Å². The van der Waals surface area contributed by atoms with Crippen LogP contribution in [0.4, 0.5) is 17.2 Å². The number of hydrogen-bond acceptors (Lipinski definition) is 5. The van der Waals surface area contributed by atoms with Crippen molar-refractivity contribution in [3.05, 3.63) is 50.2 Å². The Labute approximate surface area is 145 Å². The van der Waals surface area contributed by atoms with Gasteiger partial charge in [0, 0.05) is 26.8 Å². The molecule has 0 atom stereocenters. The van der Waals surface area contributed by atoms with Crippen LogP contribution in [0.25, 0.3) is 0 Å². The lowest BCUT2D eigenvalue weighted by Crippen LogP contribution is -2.44. The van der Waals surface area contributed by atoms with Crippen molar-refractivity contribution in [3.63, 3.8) is 0 Å². The quantitative estimate of drug-likeness (QED) is 0.838. The van der Waals surface area contributed by atoms with Gasteiger partial charge >= 0.3 is 5.69 Å². The summed E-state index contributed by atoms with van der Waals surface area (Å²) in [4.78, 5) is 38.7. The van der Waals surface area contributed by atoms with Crippen molar-refractivity contribution in [1.82, 2.24) is 9.13 Å². The summed E-state index contributed by atoms with van der Waals surface area (Å²) in [7, 11) is 4.76. The molecule has 2 aromatic rings. The number of nitrogen functional groups attached to an aromatic ring is 1. The average Bonchev–Trinajstić information content (AvgIpc) is 2.53. The highest BCUT2D eigenvalue weighted by atomic mass is 16.2. The number of carbonyl (C=O) groups excluding carboxylic acids is 1. The minimum atomic E-state index is -0.636. The topological polar surface area (TPSA) is 102 Å². The maximum Gasteiger partial charge on any atom is 0.332 e. The second-order valence-electron chi connectivity index (χ2n) is 6.21. The SMILES string of the molecule is Cc1ccc(NC(=O)Cn2c(=O)c(N(C)C)c(N)n(C)c2=O)cc1C. The number of benzene rings is 1. The molecule has 1 aromatic carbocycles. The molecule has 0 spiro atoms. The summed E-state index contributed by atoms with van der Waals surface area (Å²) in [6.45, 7) is 3.52. The fourth-order valence-corrected chi connectivity index (χ4v) is 2.49. The Morgan fingerprint density at radius 3 is 2.40 bits per heavy atom. The van der Waals surface area contributed by atoms with Crippen molar-refractivity contribution in [2.45, 2.75) is 20.4 Å². The van der Waals surface area contributed by atoms with Gasteiger partial charge in [-0.05, 0) is 37.1 Å². The molecule has 8 nitrogen and oxygen atoms in total. The number of anilines is 3. The molecule has 0 saturated heterocycles. The summed E-state index contributed by atoms with van der Waals surface area (Å²) in [6.07, 6.45) is 0. The van der Waals surface area contributed by atoms with Gasteiger partial charge in [-0.1, -0.05) is 6.07 Å². The molecule has 0 unspecified atom stereocenters. The number of carbonyl (C=O) groups is 1. The van der Waals surface area contributed by atoms with Crippen LogP contribution in [0, 0.1) is 13.8 Å². The van der Waals surface area contributed by atoms with Crippen molar-refractivity contribution in [2.24, 2.45) is 7.05 Å². The first-order valence-electron chi connectivity index (χ1n) is 7.77. The smallest absolute Gasteiger partial charge is 0.332 e. The van der Waals surface area contributed by atoms with Gasteiger partial charge in [-0.3, -0.25) is 14.2 Å². The molecule has 1 aromatic heterocycles. The van der Waals surface area contributed by atoms with Gasteiger partial charge in [0.05, 0.1) is 0 Å². The molecular formula is C17H23N5O3. The van der Waals surface area contributed by atoms with E-state index in [4.69, 9.17) is 5.73 Å². The molecule has 1 heterocycles. The van der Waals surface area contributed by atoms with E-state index in [1.807, 2.05) is 26.0 Å². The van der Waals surface area contributed by atoms with Crippen LogP contribution in [0.15, 0.2) is 27.8 Å². The summed E-state index contributed by atoms with van der Waals surface area (Å²) in [5.41, 5.74) is 7.54. The van der Waals surface area contributed by atoms with Gasteiger partial charge < -0.3 is 16.0 Å². The fraction of sp³-hybridized carbons (Fsp3) is 0.353. The molecule has 3 N–H and O–H groups in total. The van der Waals surface area contributed by atoms with Crippen LogP contribution in [0.3, 0.4) is 0 Å². The summed E-state index contributed by atoms with van der Waals surface area (Å²) >= 11 is 0. The second-order valence-corrected chi connectivity index (χ2v) is 6.21. The Morgan fingerprint density at radius 2 is 1.84 bits per heavy atom. The van der Waals surface area contributed by atoms with E-state index in [1.165, 1.54) is 11.9 Å². The van der Waals surface area contributed by atoms with Crippen LogP contribution in [0.5, 0.6) is 0 Å². The molecule has 0 radical (unpaired) electrons. The average molecular weight is 345 g/mol. The zero-order valence-corrected chi connectivity index (χ0v) is 15.1. The standard InChI is InChI=1S/C17H23N5O3/c1-10-6-7-12(8-11(10)2)19-13(23)9-22-16(24)14(20(3)4)15(18)21(5)17(22)25/h6-8H,9,18H2,1-5H3,(H,19,23). The van der Waals surface area contributed by atoms with E-state index in [0.717, 1.165) is 20.3 Å². The highest BCUT2D eigenvalue weighted by Crippen LogP contribution is 2.15. The Hall–Kier alpha value is -3.03. The van der Waals surface area contributed by atoms with Gasteiger partial charge in [-0.2, -0.15) is 0 Å². The van der Waals surface area contributed by atoms with E-state index in [1.54, 1.807) is 20.2 Å². The van der Waals surface area contributed by atoms with Crippen LogP contribution in [0.2, 0.25) is 0 Å². The Kier molecular flexibility index (Phi) is 5.01. The van der Waals surface area contributed by atoms with Crippen molar-refractivity contribution < 1.29 is 4.79 Å². The molecule has 0 bridgehead atoms. The van der Waals surface area contributed by atoms with E-state index in [9.17, 15) is 14.4 Å². The monoisotopic (exact) mass is 345 g/mol. The van der Waals surface area contributed by atoms with E-state index in [-0.39, 0.29) is 18.1 Å². The third kappa shape index (κ3) is 3.57. The van der Waals surface area contributed by atoms with Gasteiger partial charge in [-0.15, -0.1) is 0 Å². The van der Waals surface area contributed by atoms with Crippen LogP contribution in [0.1, 0.15) is 11.1 Å². The Balaban J connectivity index is 2.36. The molecule has 0 aliphatic rings. The predicted molar refractivity (Wildman–Crippen MR) is 99.2 cm³/mol. The van der Waals surface area contributed by atoms with Gasteiger partial charge in [0.25, 0.3) is 5.56 Å². The second kappa shape index (κ2) is 6.84. The Morgan fingerprint density at radius 1 is 1.20 bits per heavy atom. The number of nitrogens with two attached hydrogens (primary N) is 1. The summed E-state index contributed by atoms with van der Waals surface area (Å²) in [5.74, 6) is -0.400. The zero-order chi connectivity index (χ0) is 18.9. The van der Waals surface area contributed by atoms with Crippen LogP contribution >= 0.6 is 0 Å². The van der Waals surface area contributed by atoms with E-state index >= 15 is 0 Å². The molecule has 134 valence electrons. The molecule has 0 aliphatic carbocycles. The van der Waals surface area contributed by atoms with Crippen molar-refractivity contribution in [1.29, 1.82) is 0 Å². The molecular weight excluding hydrogens is 322 g/mol. The van der Waals surface area contributed by atoms with Gasteiger partial charge in [-0.25, -0.2) is 9.36 Å². The van der Waals surface area contributed by atoms with E-state index in [2.05, 4.69) is 5.32 Å². The first-order chi connectivity index (χ1) is 11.6. The maximum atomic E-state index is 12.5. The highest BCUT2D eigenvalue weighted by molar-refractivity contribution is 5.90. The van der Waals surface area contributed by atoms with Gasteiger partial charge in [0.15, 0.2) is 0 Å². The molecule has 2 rings (SSSR count).